The SMILES string of the molecule is CC[C@H](C(=O)NC1CCCC1)N(Cc1ccc(Cl)cc1)C(=O)COc1cc(C)c(Br)c(C)c1. The summed E-state index contributed by atoms with van der Waals surface area (Å²) >= 11 is 9.59. The summed E-state index contributed by atoms with van der Waals surface area (Å²) < 4.78 is 6.89. The van der Waals surface area contributed by atoms with Crippen LogP contribution in [0.2, 0.25) is 5.02 Å². The van der Waals surface area contributed by atoms with E-state index in [-0.39, 0.29) is 24.5 Å². The van der Waals surface area contributed by atoms with E-state index in [4.69, 9.17) is 16.3 Å². The lowest BCUT2D eigenvalue weighted by molar-refractivity contribution is -0.143. The van der Waals surface area contributed by atoms with Crippen molar-refractivity contribution in [3.05, 3.63) is 62.6 Å². The lowest BCUT2D eigenvalue weighted by Gasteiger charge is -2.31. The van der Waals surface area contributed by atoms with Gasteiger partial charge < -0.3 is 15.0 Å². The molecule has 0 saturated heterocycles. The minimum atomic E-state index is -0.564. The molecule has 1 N–H and O–H groups in total. The van der Waals surface area contributed by atoms with E-state index >= 15 is 0 Å². The van der Waals surface area contributed by atoms with Crippen LogP contribution >= 0.6 is 27.5 Å². The molecule has 33 heavy (non-hydrogen) atoms. The molecule has 0 unspecified atom stereocenters. The molecule has 2 amide bonds. The third kappa shape index (κ3) is 6.97. The highest BCUT2D eigenvalue weighted by Crippen LogP contribution is 2.26. The van der Waals surface area contributed by atoms with Crippen LogP contribution in [0.5, 0.6) is 5.75 Å². The van der Waals surface area contributed by atoms with Crippen molar-refractivity contribution in [2.45, 2.75) is 71.5 Å². The molecule has 0 heterocycles. The Bertz CT molecular complexity index is 951. The maximum absolute atomic E-state index is 13.4. The number of aryl methyl sites for hydroxylation is 2. The highest BCUT2D eigenvalue weighted by atomic mass is 79.9. The average molecular weight is 536 g/mol. The van der Waals surface area contributed by atoms with Crippen LogP contribution in [0, 0.1) is 13.8 Å². The van der Waals surface area contributed by atoms with Crippen LogP contribution < -0.4 is 10.1 Å². The fraction of sp³-hybridized carbons (Fsp3) is 0.462. The van der Waals surface area contributed by atoms with Crippen molar-refractivity contribution >= 4 is 39.3 Å². The van der Waals surface area contributed by atoms with Crippen molar-refractivity contribution < 1.29 is 14.3 Å². The van der Waals surface area contributed by atoms with E-state index in [9.17, 15) is 9.59 Å². The van der Waals surface area contributed by atoms with Crippen molar-refractivity contribution in [2.75, 3.05) is 6.61 Å². The molecular weight excluding hydrogens is 504 g/mol. The van der Waals surface area contributed by atoms with E-state index in [1.165, 1.54) is 0 Å². The fourth-order valence-electron chi connectivity index (χ4n) is 4.29. The summed E-state index contributed by atoms with van der Waals surface area (Å²) in [7, 11) is 0. The van der Waals surface area contributed by atoms with Crippen LogP contribution in [0.15, 0.2) is 40.9 Å². The third-order valence-corrected chi connectivity index (χ3v) is 7.63. The number of hydrogen-bond acceptors (Lipinski definition) is 3. The largest absolute Gasteiger partial charge is 0.484 e. The number of rotatable bonds is 9. The Morgan fingerprint density at radius 2 is 1.76 bits per heavy atom. The molecule has 7 heteroatoms. The van der Waals surface area contributed by atoms with Gasteiger partial charge >= 0.3 is 0 Å². The highest BCUT2D eigenvalue weighted by Gasteiger charge is 2.30. The molecule has 5 nitrogen and oxygen atoms in total. The molecule has 2 aromatic carbocycles. The number of nitrogens with zero attached hydrogens (tertiary/aromatic N) is 1. The maximum atomic E-state index is 13.4. The summed E-state index contributed by atoms with van der Waals surface area (Å²) in [5.41, 5.74) is 2.99. The van der Waals surface area contributed by atoms with Gasteiger partial charge in [-0.05, 0) is 74.1 Å². The Morgan fingerprint density at radius 3 is 2.33 bits per heavy atom. The second-order valence-corrected chi connectivity index (χ2v) is 9.95. The van der Waals surface area contributed by atoms with E-state index in [1.807, 2.05) is 45.0 Å². The van der Waals surface area contributed by atoms with E-state index in [0.29, 0.717) is 23.7 Å². The number of nitrogens with one attached hydrogen (secondary N) is 1. The van der Waals surface area contributed by atoms with E-state index in [0.717, 1.165) is 46.8 Å². The van der Waals surface area contributed by atoms with Gasteiger partial charge in [-0.3, -0.25) is 9.59 Å². The molecule has 178 valence electrons. The summed E-state index contributed by atoms with van der Waals surface area (Å²) in [5.74, 6) is 0.315. The van der Waals surface area contributed by atoms with E-state index < -0.39 is 6.04 Å². The van der Waals surface area contributed by atoms with Crippen molar-refractivity contribution in [3.63, 3.8) is 0 Å². The van der Waals surface area contributed by atoms with Crippen molar-refractivity contribution in [2.24, 2.45) is 0 Å². The summed E-state index contributed by atoms with van der Waals surface area (Å²) in [4.78, 5) is 28.1. The first kappa shape index (κ1) is 25.6. The van der Waals surface area contributed by atoms with Gasteiger partial charge in [0.25, 0.3) is 5.91 Å². The summed E-state index contributed by atoms with van der Waals surface area (Å²) in [6.45, 7) is 6.08. The molecule has 2 aromatic rings. The molecule has 1 aliphatic rings. The maximum Gasteiger partial charge on any atom is 0.261 e. The van der Waals surface area contributed by atoms with Crippen molar-refractivity contribution in [3.8, 4) is 5.75 Å². The number of halogens is 2. The van der Waals surface area contributed by atoms with Gasteiger partial charge in [-0.25, -0.2) is 0 Å². The Hall–Kier alpha value is -2.05. The topological polar surface area (TPSA) is 58.6 Å². The Kier molecular flexibility index (Phi) is 9.21. The Morgan fingerprint density at radius 1 is 1.15 bits per heavy atom. The van der Waals surface area contributed by atoms with Crippen LogP contribution in [0.3, 0.4) is 0 Å². The van der Waals surface area contributed by atoms with E-state index in [1.54, 1.807) is 17.0 Å². The summed E-state index contributed by atoms with van der Waals surface area (Å²) in [6, 6.07) is 10.8. The first-order valence-electron chi connectivity index (χ1n) is 11.5. The van der Waals surface area contributed by atoms with E-state index in [2.05, 4.69) is 21.2 Å². The molecular formula is C26H32BrClN2O3. The predicted octanol–water partition coefficient (Wildman–Crippen LogP) is 5.96. The van der Waals surface area contributed by atoms with Crippen LogP contribution in [0.1, 0.15) is 55.7 Å². The molecule has 1 atom stereocenters. The van der Waals surface area contributed by atoms with Gasteiger partial charge in [-0.1, -0.05) is 59.4 Å². The van der Waals surface area contributed by atoms with Crippen LogP contribution in [0.25, 0.3) is 0 Å². The zero-order valence-corrected chi connectivity index (χ0v) is 21.8. The lowest BCUT2D eigenvalue weighted by Crippen LogP contribution is -2.52. The molecule has 1 aliphatic carbocycles. The van der Waals surface area contributed by atoms with Gasteiger partial charge in [0.2, 0.25) is 5.91 Å². The van der Waals surface area contributed by atoms with Gasteiger partial charge in [0.05, 0.1) is 0 Å². The second-order valence-electron chi connectivity index (χ2n) is 8.72. The van der Waals surface area contributed by atoms with Gasteiger partial charge in [-0.15, -0.1) is 0 Å². The summed E-state index contributed by atoms with van der Waals surface area (Å²) in [5, 5.41) is 3.79. The third-order valence-electron chi connectivity index (χ3n) is 6.13. The normalized spacial score (nSPS) is 14.7. The number of carbonyl (C=O) groups excluding carboxylic acids is 2. The quantitative estimate of drug-likeness (QED) is 0.431. The molecule has 0 aliphatic heterocycles. The molecule has 0 spiro atoms. The number of hydrogen-bond donors (Lipinski definition) is 1. The zero-order chi connectivity index (χ0) is 24.0. The zero-order valence-electron chi connectivity index (χ0n) is 19.5. The minimum Gasteiger partial charge on any atom is -0.484 e. The first-order valence-corrected chi connectivity index (χ1v) is 12.7. The predicted molar refractivity (Wildman–Crippen MR) is 136 cm³/mol. The number of benzene rings is 2. The molecule has 3 rings (SSSR count). The smallest absolute Gasteiger partial charge is 0.261 e. The summed E-state index contributed by atoms with van der Waals surface area (Å²) in [6.07, 6.45) is 4.79. The Labute approximate surface area is 210 Å². The lowest BCUT2D eigenvalue weighted by atomic mass is 10.1. The van der Waals surface area contributed by atoms with Crippen LogP contribution in [-0.4, -0.2) is 35.4 Å². The van der Waals surface area contributed by atoms with Gasteiger partial charge in [0.15, 0.2) is 6.61 Å². The monoisotopic (exact) mass is 534 g/mol. The molecule has 0 aromatic heterocycles. The van der Waals surface area contributed by atoms with Crippen LogP contribution in [-0.2, 0) is 16.1 Å². The number of ether oxygens (including phenoxy) is 1. The minimum absolute atomic E-state index is 0.0953. The second kappa shape index (κ2) is 11.9. The first-order chi connectivity index (χ1) is 15.8. The average Bonchev–Trinajstić information content (AvgIpc) is 3.29. The molecule has 0 bridgehead atoms. The van der Waals surface area contributed by atoms with Gasteiger partial charge in [0, 0.05) is 22.1 Å². The number of carbonyl (C=O) groups is 2. The van der Waals surface area contributed by atoms with Gasteiger partial charge in [0.1, 0.15) is 11.8 Å². The standard InChI is InChI=1S/C26H32BrClN2O3/c1-4-23(26(32)29-21-7-5-6-8-21)30(15-19-9-11-20(28)12-10-19)24(31)16-33-22-13-17(2)25(27)18(3)14-22/h9-14,21,23H,4-8,15-16H2,1-3H3,(H,29,32)/t23-/m1/s1. The van der Waals surface area contributed by atoms with Crippen molar-refractivity contribution in [1.82, 2.24) is 10.2 Å². The molecule has 1 saturated carbocycles. The highest BCUT2D eigenvalue weighted by molar-refractivity contribution is 9.10. The molecule has 0 radical (unpaired) electrons. The Balaban J connectivity index is 1.77. The fourth-order valence-corrected chi connectivity index (χ4v) is 4.65. The number of amides is 2. The van der Waals surface area contributed by atoms with Crippen LogP contribution in [0.4, 0.5) is 0 Å². The van der Waals surface area contributed by atoms with Crippen molar-refractivity contribution in [1.29, 1.82) is 0 Å². The van der Waals surface area contributed by atoms with Gasteiger partial charge in [-0.2, -0.15) is 0 Å². The molecule has 1 fully saturated rings.